The van der Waals surface area contributed by atoms with Crippen molar-refractivity contribution in [2.24, 2.45) is 0 Å². The van der Waals surface area contributed by atoms with Gasteiger partial charge < -0.3 is 15.0 Å². The van der Waals surface area contributed by atoms with Gasteiger partial charge in [-0.1, -0.05) is 0 Å². The molecule has 1 aromatic carbocycles. The molecule has 1 aliphatic rings. The summed E-state index contributed by atoms with van der Waals surface area (Å²) >= 11 is 0. The molecular weight excluding hydrogens is 342 g/mol. The molecule has 6 nitrogen and oxygen atoms in total. The number of nitrogens with zero attached hydrogens (tertiary/aromatic N) is 2. The van der Waals surface area contributed by atoms with Crippen LogP contribution in [0.3, 0.4) is 0 Å². The van der Waals surface area contributed by atoms with Crippen LogP contribution >= 0.6 is 0 Å². The number of carbonyl (C=O) groups excluding carboxylic acids is 2. The van der Waals surface area contributed by atoms with Crippen LogP contribution in [0.25, 0.3) is 0 Å². The van der Waals surface area contributed by atoms with E-state index < -0.39 is 5.97 Å². The fourth-order valence-electron chi connectivity index (χ4n) is 3.35. The predicted molar refractivity (Wildman–Crippen MR) is 106 cm³/mol. The number of hydrogen-bond acceptors (Lipinski definition) is 5. The van der Waals surface area contributed by atoms with Crippen molar-refractivity contribution in [2.45, 2.75) is 33.6 Å². The van der Waals surface area contributed by atoms with Crippen LogP contribution in [-0.2, 0) is 4.74 Å². The van der Waals surface area contributed by atoms with Gasteiger partial charge in [0.1, 0.15) is 5.69 Å². The molecule has 0 radical (unpaired) electrons. The van der Waals surface area contributed by atoms with Crippen molar-refractivity contribution in [1.29, 1.82) is 0 Å². The Labute approximate surface area is 159 Å². The summed E-state index contributed by atoms with van der Waals surface area (Å²) < 4.78 is 4.99. The minimum absolute atomic E-state index is 0.266. The van der Waals surface area contributed by atoms with E-state index in [0.717, 1.165) is 24.3 Å². The first-order valence-electron chi connectivity index (χ1n) is 9.31. The van der Waals surface area contributed by atoms with Crippen LogP contribution in [0.4, 0.5) is 11.4 Å². The molecule has 0 aliphatic carbocycles. The smallest absolute Gasteiger partial charge is 0.339 e. The monoisotopic (exact) mass is 367 g/mol. The first-order valence-corrected chi connectivity index (χ1v) is 9.31. The van der Waals surface area contributed by atoms with Crippen molar-refractivity contribution in [2.75, 3.05) is 29.9 Å². The molecular formula is C21H25N3O3. The third-order valence-corrected chi connectivity index (χ3v) is 4.72. The van der Waals surface area contributed by atoms with E-state index in [2.05, 4.69) is 28.2 Å². The van der Waals surface area contributed by atoms with Crippen LogP contribution in [0.2, 0.25) is 0 Å². The highest BCUT2D eigenvalue weighted by atomic mass is 16.5. The molecule has 0 atom stereocenters. The van der Waals surface area contributed by atoms with Crippen LogP contribution in [0.15, 0.2) is 30.3 Å². The Bertz CT molecular complexity index is 858. The zero-order valence-corrected chi connectivity index (χ0v) is 16.0. The summed E-state index contributed by atoms with van der Waals surface area (Å²) in [6.07, 6.45) is 2.45. The first kappa shape index (κ1) is 18.9. The van der Waals surface area contributed by atoms with Crippen LogP contribution in [0, 0.1) is 13.8 Å². The molecule has 27 heavy (non-hydrogen) atoms. The van der Waals surface area contributed by atoms with Gasteiger partial charge >= 0.3 is 5.97 Å². The number of amides is 1. The van der Waals surface area contributed by atoms with E-state index in [1.54, 1.807) is 26.0 Å². The molecule has 1 saturated heterocycles. The number of hydrogen-bond donors (Lipinski definition) is 1. The lowest BCUT2D eigenvalue weighted by molar-refractivity contribution is 0.0524. The summed E-state index contributed by atoms with van der Waals surface area (Å²) in [6, 6.07) is 9.07. The number of carbonyl (C=O) groups is 2. The highest BCUT2D eigenvalue weighted by Gasteiger charge is 2.17. The zero-order chi connectivity index (χ0) is 19.4. The van der Waals surface area contributed by atoms with Crippen LogP contribution in [-0.4, -0.2) is 36.6 Å². The lowest BCUT2D eigenvalue weighted by atomic mass is 10.1. The maximum atomic E-state index is 12.5. The molecule has 2 aromatic rings. The third kappa shape index (κ3) is 4.27. The maximum absolute atomic E-state index is 12.5. The van der Waals surface area contributed by atoms with Gasteiger partial charge in [-0.25, -0.2) is 9.78 Å². The Morgan fingerprint density at radius 3 is 2.52 bits per heavy atom. The average Bonchev–Trinajstić information content (AvgIpc) is 3.16. The molecule has 142 valence electrons. The van der Waals surface area contributed by atoms with E-state index in [9.17, 15) is 9.59 Å². The molecule has 0 spiro atoms. The highest BCUT2D eigenvalue weighted by molar-refractivity contribution is 6.03. The number of anilines is 2. The van der Waals surface area contributed by atoms with Crippen molar-refractivity contribution >= 4 is 23.3 Å². The molecule has 1 N–H and O–H groups in total. The van der Waals surface area contributed by atoms with Gasteiger partial charge in [0.05, 0.1) is 17.9 Å². The Hall–Kier alpha value is -2.89. The van der Waals surface area contributed by atoms with E-state index in [-0.39, 0.29) is 11.6 Å². The van der Waals surface area contributed by atoms with E-state index in [0.29, 0.717) is 17.9 Å². The topological polar surface area (TPSA) is 71.5 Å². The maximum Gasteiger partial charge on any atom is 0.339 e. The van der Waals surface area contributed by atoms with E-state index in [1.807, 2.05) is 12.1 Å². The molecule has 3 rings (SSSR count). The average molecular weight is 367 g/mol. The second-order valence-electron chi connectivity index (χ2n) is 6.70. The summed E-state index contributed by atoms with van der Waals surface area (Å²) in [7, 11) is 0. The summed E-state index contributed by atoms with van der Waals surface area (Å²) in [5.41, 5.74) is 4.20. The van der Waals surface area contributed by atoms with Crippen molar-refractivity contribution < 1.29 is 14.3 Å². The number of esters is 1. The molecule has 0 unspecified atom stereocenters. The molecule has 1 amide bonds. The quantitative estimate of drug-likeness (QED) is 0.816. The molecule has 0 saturated carbocycles. The minimum atomic E-state index is -0.428. The molecule has 2 heterocycles. The number of rotatable bonds is 5. The summed E-state index contributed by atoms with van der Waals surface area (Å²) in [5.74, 6) is -0.732. The highest BCUT2D eigenvalue weighted by Crippen LogP contribution is 2.26. The Kier molecular flexibility index (Phi) is 5.74. The molecule has 1 fully saturated rings. The lowest BCUT2D eigenvalue weighted by Gasteiger charge is -2.20. The van der Waals surface area contributed by atoms with Crippen molar-refractivity contribution in [1.82, 2.24) is 4.98 Å². The van der Waals surface area contributed by atoms with E-state index in [4.69, 9.17) is 4.74 Å². The largest absolute Gasteiger partial charge is 0.462 e. The van der Waals surface area contributed by atoms with Gasteiger partial charge in [-0.15, -0.1) is 0 Å². The molecule has 1 aromatic heterocycles. The first-order chi connectivity index (χ1) is 13.0. The van der Waals surface area contributed by atoms with Gasteiger partial charge in [0.25, 0.3) is 5.91 Å². The fourth-order valence-corrected chi connectivity index (χ4v) is 3.35. The summed E-state index contributed by atoms with van der Waals surface area (Å²) in [4.78, 5) is 31.0. The fraction of sp³-hybridized carbons (Fsp3) is 0.381. The number of nitrogens with one attached hydrogen (secondary N) is 1. The minimum Gasteiger partial charge on any atom is -0.462 e. The Morgan fingerprint density at radius 2 is 1.89 bits per heavy atom. The SMILES string of the molecule is CCOC(=O)c1ccc(C(=O)Nc2ccc(N3CCCC3)c(C)c2)nc1C. The molecule has 1 aliphatic heterocycles. The van der Waals surface area contributed by atoms with E-state index >= 15 is 0 Å². The summed E-state index contributed by atoms with van der Waals surface area (Å²) in [5, 5.41) is 2.88. The van der Waals surface area contributed by atoms with Gasteiger partial charge in [0.15, 0.2) is 0 Å². The molecule has 0 bridgehead atoms. The second-order valence-corrected chi connectivity index (χ2v) is 6.70. The lowest BCUT2D eigenvalue weighted by Crippen LogP contribution is -2.19. The van der Waals surface area contributed by atoms with Crippen molar-refractivity contribution in [3.05, 3.63) is 52.8 Å². The van der Waals surface area contributed by atoms with Crippen LogP contribution < -0.4 is 10.2 Å². The number of pyridine rings is 1. The Balaban J connectivity index is 1.72. The van der Waals surface area contributed by atoms with Crippen LogP contribution in [0.1, 0.15) is 51.9 Å². The van der Waals surface area contributed by atoms with Crippen LogP contribution in [0.5, 0.6) is 0 Å². The van der Waals surface area contributed by atoms with Gasteiger partial charge in [-0.3, -0.25) is 4.79 Å². The normalized spacial score (nSPS) is 13.5. The zero-order valence-electron chi connectivity index (χ0n) is 16.0. The summed E-state index contributed by atoms with van der Waals surface area (Å²) in [6.45, 7) is 7.97. The van der Waals surface area contributed by atoms with Crippen molar-refractivity contribution in [3.8, 4) is 0 Å². The van der Waals surface area contributed by atoms with Gasteiger partial charge in [-0.05, 0) is 69.5 Å². The number of ether oxygens (including phenoxy) is 1. The number of benzene rings is 1. The molecule has 6 heteroatoms. The van der Waals surface area contributed by atoms with E-state index in [1.165, 1.54) is 18.5 Å². The third-order valence-electron chi connectivity index (χ3n) is 4.72. The standard InChI is InChI=1S/C21H25N3O3/c1-4-27-21(26)17-8-9-18(22-15(17)3)20(25)23-16-7-10-19(14(2)13-16)24-11-5-6-12-24/h7-10,13H,4-6,11-12H2,1-3H3,(H,23,25). The van der Waals surface area contributed by atoms with Gasteiger partial charge in [0.2, 0.25) is 0 Å². The number of aryl methyl sites for hydroxylation is 2. The van der Waals surface area contributed by atoms with Gasteiger partial charge in [-0.2, -0.15) is 0 Å². The number of aromatic nitrogens is 1. The van der Waals surface area contributed by atoms with Gasteiger partial charge in [0, 0.05) is 24.5 Å². The predicted octanol–water partition coefficient (Wildman–Crippen LogP) is 3.73. The second kappa shape index (κ2) is 8.20. The van der Waals surface area contributed by atoms with Crippen molar-refractivity contribution in [3.63, 3.8) is 0 Å². The Morgan fingerprint density at radius 1 is 1.15 bits per heavy atom.